The molecule has 102 valence electrons. The minimum Gasteiger partial charge on any atom is -0.495 e. The van der Waals surface area contributed by atoms with Gasteiger partial charge in [0.05, 0.1) is 18.4 Å². The Hall–Kier alpha value is -2.74. The largest absolute Gasteiger partial charge is 0.495 e. The van der Waals surface area contributed by atoms with Gasteiger partial charge in [-0.25, -0.2) is 4.39 Å². The summed E-state index contributed by atoms with van der Waals surface area (Å²) < 4.78 is 23.8. The molecule has 2 aromatic carbocycles. The van der Waals surface area contributed by atoms with Crippen LogP contribution in [0.3, 0.4) is 0 Å². The van der Waals surface area contributed by atoms with Gasteiger partial charge < -0.3 is 15.2 Å². The lowest BCUT2D eigenvalue weighted by Crippen LogP contribution is -1.98. The number of rotatable bonds is 4. The summed E-state index contributed by atoms with van der Waals surface area (Å²) in [5.74, 6) is 0.371. The van der Waals surface area contributed by atoms with Crippen LogP contribution < -0.4 is 15.2 Å². The molecule has 0 atom stereocenters. The van der Waals surface area contributed by atoms with Gasteiger partial charge in [-0.1, -0.05) is 6.07 Å². The van der Waals surface area contributed by atoms with Gasteiger partial charge in [0.15, 0.2) is 0 Å². The first-order valence-corrected chi connectivity index (χ1v) is 5.89. The van der Waals surface area contributed by atoms with Crippen molar-refractivity contribution in [1.82, 2.24) is 0 Å². The molecule has 0 bridgehead atoms. The summed E-state index contributed by atoms with van der Waals surface area (Å²) in [7, 11) is 1.50. The predicted molar refractivity (Wildman–Crippen MR) is 72.9 cm³/mol. The molecule has 0 aliphatic heterocycles. The van der Waals surface area contributed by atoms with E-state index in [1.165, 1.54) is 19.2 Å². The molecule has 0 heterocycles. The topological polar surface area (TPSA) is 68.3 Å². The van der Waals surface area contributed by atoms with Crippen molar-refractivity contribution < 1.29 is 13.9 Å². The van der Waals surface area contributed by atoms with E-state index in [1.54, 1.807) is 24.3 Å². The van der Waals surface area contributed by atoms with E-state index < -0.39 is 5.82 Å². The maximum atomic E-state index is 13.3. The first kappa shape index (κ1) is 13.7. The van der Waals surface area contributed by atoms with Crippen molar-refractivity contribution in [2.45, 2.75) is 6.61 Å². The summed E-state index contributed by atoms with van der Waals surface area (Å²) in [5.41, 5.74) is 6.68. The maximum Gasteiger partial charge on any atom is 0.149 e. The van der Waals surface area contributed by atoms with Crippen LogP contribution in [0.25, 0.3) is 0 Å². The van der Waals surface area contributed by atoms with Gasteiger partial charge in [0.25, 0.3) is 0 Å². The van der Waals surface area contributed by atoms with Gasteiger partial charge in [-0.15, -0.1) is 0 Å². The van der Waals surface area contributed by atoms with Crippen molar-refractivity contribution in [3.05, 3.63) is 53.3 Å². The quantitative estimate of drug-likeness (QED) is 0.869. The fourth-order valence-corrected chi connectivity index (χ4v) is 1.70. The van der Waals surface area contributed by atoms with Gasteiger partial charge in [0.2, 0.25) is 0 Å². The Morgan fingerprint density at radius 3 is 2.70 bits per heavy atom. The number of ether oxygens (including phenoxy) is 2. The smallest absolute Gasteiger partial charge is 0.149 e. The third-order valence-corrected chi connectivity index (χ3v) is 2.76. The zero-order chi connectivity index (χ0) is 14.5. The van der Waals surface area contributed by atoms with E-state index in [0.717, 1.165) is 5.56 Å². The maximum absolute atomic E-state index is 13.3. The van der Waals surface area contributed by atoms with Gasteiger partial charge in [-0.05, 0) is 29.8 Å². The Bertz CT molecular complexity index is 665. The molecule has 2 aromatic rings. The number of halogens is 1. The van der Waals surface area contributed by atoms with Gasteiger partial charge >= 0.3 is 0 Å². The van der Waals surface area contributed by atoms with Crippen LogP contribution in [-0.4, -0.2) is 7.11 Å². The Kier molecular flexibility index (Phi) is 4.06. The summed E-state index contributed by atoms with van der Waals surface area (Å²) in [6, 6.07) is 11.5. The van der Waals surface area contributed by atoms with Crippen molar-refractivity contribution in [1.29, 1.82) is 5.26 Å². The highest BCUT2D eigenvalue weighted by atomic mass is 19.1. The SMILES string of the molecule is COc1ccc(COc2ccc(N)c(F)c2)cc1C#N. The third kappa shape index (κ3) is 2.98. The highest BCUT2D eigenvalue weighted by molar-refractivity contribution is 5.46. The Balaban J connectivity index is 2.11. The first-order valence-electron chi connectivity index (χ1n) is 5.89. The Morgan fingerprint density at radius 2 is 2.05 bits per heavy atom. The third-order valence-electron chi connectivity index (χ3n) is 2.76. The van der Waals surface area contributed by atoms with Crippen molar-refractivity contribution >= 4 is 5.69 Å². The minimum atomic E-state index is -0.519. The van der Waals surface area contributed by atoms with Gasteiger partial charge in [-0.2, -0.15) is 5.26 Å². The van der Waals surface area contributed by atoms with Crippen LogP contribution in [0.4, 0.5) is 10.1 Å². The van der Waals surface area contributed by atoms with E-state index in [-0.39, 0.29) is 12.3 Å². The molecule has 0 radical (unpaired) electrons. The van der Waals surface area contributed by atoms with Gasteiger partial charge in [-0.3, -0.25) is 0 Å². The van der Waals surface area contributed by atoms with Crippen LogP contribution in [0.5, 0.6) is 11.5 Å². The van der Waals surface area contributed by atoms with E-state index in [1.807, 2.05) is 6.07 Å². The molecular weight excluding hydrogens is 259 g/mol. The number of nitrogens with two attached hydrogens (primary N) is 1. The molecule has 4 nitrogen and oxygen atoms in total. The molecule has 0 unspecified atom stereocenters. The van der Waals surface area contributed by atoms with Crippen LogP contribution in [-0.2, 0) is 6.61 Å². The monoisotopic (exact) mass is 272 g/mol. The molecule has 20 heavy (non-hydrogen) atoms. The lowest BCUT2D eigenvalue weighted by Gasteiger charge is -2.09. The van der Waals surface area contributed by atoms with Gasteiger partial charge in [0.1, 0.15) is 30.0 Å². The minimum absolute atomic E-state index is 0.0774. The summed E-state index contributed by atoms with van der Waals surface area (Å²) in [6.07, 6.45) is 0. The number of hydrogen-bond donors (Lipinski definition) is 1. The van der Waals surface area contributed by atoms with Crippen LogP contribution in [0.1, 0.15) is 11.1 Å². The lowest BCUT2D eigenvalue weighted by molar-refractivity contribution is 0.304. The molecule has 0 amide bonds. The number of nitrogen functional groups attached to an aromatic ring is 1. The number of nitrogens with zero attached hydrogens (tertiary/aromatic N) is 1. The second kappa shape index (κ2) is 5.93. The number of hydrogen-bond acceptors (Lipinski definition) is 4. The highest BCUT2D eigenvalue weighted by Crippen LogP contribution is 2.22. The average molecular weight is 272 g/mol. The Labute approximate surface area is 116 Å². The average Bonchev–Trinajstić information content (AvgIpc) is 2.48. The molecule has 2 N–H and O–H groups in total. The summed E-state index contributed by atoms with van der Waals surface area (Å²) in [5, 5.41) is 8.99. The van der Waals surface area contributed by atoms with E-state index in [4.69, 9.17) is 20.5 Å². The second-order valence-corrected chi connectivity index (χ2v) is 4.12. The second-order valence-electron chi connectivity index (χ2n) is 4.12. The summed E-state index contributed by atoms with van der Waals surface area (Å²) >= 11 is 0. The number of benzene rings is 2. The first-order chi connectivity index (χ1) is 9.63. The Morgan fingerprint density at radius 1 is 1.25 bits per heavy atom. The zero-order valence-electron chi connectivity index (χ0n) is 10.9. The lowest BCUT2D eigenvalue weighted by atomic mass is 10.1. The van der Waals surface area contributed by atoms with E-state index in [0.29, 0.717) is 17.1 Å². The van der Waals surface area contributed by atoms with Gasteiger partial charge in [0, 0.05) is 6.07 Å². The highest BCUT2D eigenvalue weighted by Gasteiger charge is 2.05. The molecule has 0 aromatic heterocycles. The molecule has 0 fully saturated rings. The van der Waals surface area contributed by atoms with Crippen LogP contribution in [0.2, 0.25) is 0 Å². The molecule has 5 heteroatoms. The fourth-order valence-electron chi connectivity index (χ4n) is 1.70. The standard InChI is InChI=1S/C15H13FN2O2/c1-19-15-5-2-10(6-11(15)8-17)9-20-12-3-4-14(18)13(16)7-12/h2-7H,9,18H2,1H3. The molecular formula is C15H13FN2O2. The molecule has 2 rings (SSSR count). The molecule has 0 saturated carbocycles. The molecule has 0 aliphatic rings. The number of methoxy groups -OCH3 is 1. The summed E-state index contributed by atoms with van der Waals surface area (Å²) in [4.78, 5) is 0. The summed E-state index contributed by atoms with van der Waals surface area (Å²) in [6.45, 7) is 0.224. The molecule has 0 spiro atoms. The van der Waals surface area contributed by atoms with Crippen LogP contribution in [0, 0.1) is 17.1 Å². The fraction of sp³-hybridized carbons (Fsp3) is 0.133. The van der Waals surface area contributed by atoms with E-state index >= 15 is 0 Å². The molecule has 0 aliphatic carbocycles. The number of anilines is 1. The number of nitriles is 1. The van der Waals surface area contributed by atoms with E-state index in [2.05, 4.69) is 0 Å². The van der Waals surface area contributed by atoms with Crippen LogP contribution >= 0.6 is 0 Å². The van der Waals surface area contributed by atoms with Crippen LogP contribution in [0.15, 0.2) is 36.4 Å². The molecule has 0 saturated heterocycles. The van der Waals surface area contributed by atoms with Crippen molar-refractivity contribution in [3.63, 3.8) is 0 Å². The van der Waals surface area contributed by atoms with Crippen molar-refractivity contribution in [2.24, 2.45) is 0 Å². The van der Waals surface area contributed by atoms with Crippen molar-refractivity contribution in [3.8, 4) is 17.6 Å². The zero-order valence-corrected chi connectivity index (χ0v) is 10.9. The van der Waals surface area contributed by atoms with Crippen molar-refractivity contribution in [2.75, 3.05) is 12.8 Å². The van der Waals surface area contributed by atoms with E-state index in [9.17, 15) is 4.39 Å². The predicted octanol–water partition coefficient (Wildman–Crippen LogP) is 2.87. The normalized spacial score (nSPS) is 9.85.